The molecule has 0 aromatic rings. The van der Waals surface area contributed by atoms with E-state index < -0.39 is 5.60 Å². The fourth-order valence-corrected chi connectivity index (χ4v) is 3.80. The Labute approximate surface area is 117 Å². The van der Waals surface area contributed by atoms with Gasteiger partial charge in [0.2, 0.25) is 0 Å². The van der Waals surface area contributed by atoms with Crippen LogP contribution in [0.25, 0.3) is 0 Å². The van der Waals surface area contributed by atoms with Crippen molar-refractivity contribution in [1.82, 2.24) is 10.2 Å². The zero-order chi connectivity index (χ0) is 14.1. The van der Waals surface area contributed by atoms with Gasteiger partial charge >= 0.3 is 0 Å². The number of hydrogen-bond acceptors (Lipinski definition) is 4. The molecule has 3 atom stereocenters. The van der Waals surface area contributed by atoms with Gasteiger partial charge in [0.25, 0.3) is 0 Å². The van der Waals surface area contributed by atoms with E-state index in [2.05, 4.69) is 12.2 Å². The molecule has 2 aliphatic carbocycles. The molecule has 0 amide bonds. The van der Waals surface area contributed by atoms with Gasteiger partial charge in [-0.25, -0.2) is 0 Å². The molecule has 2 N–H and O–H groups in total. The standard InChI is InChI=1S/C15H30N2O2/c1-5-19-13-9-12(15(13)7-6-8-15)16-10-14(2,18)11-17(3)4/h12-13,16,18H,5-11H2,1-4H3. The molecular weight excluding hydrogens is 240 g/mol. The van der Waals surface area contributed by atoms with Crippen molar-refractivity contribution in [1.29, 1.82) is 0 Å². The summed E-state index contributed by atoms with van der Waals surface area (Å²) in [4.78, 5) is 2.03. The quantitative estimate of drug-likeness (QED) is 0.730. The number of ether oxygens (including phenoxy) is 1. The summed E-state index contributed by atoms with van der Waals surface area (Å²) in [5.74, 6) is 0. The van der Waals surface area contributed by atoms with Gasteiger partial charge in [-0.2, -0.15) is 0 Å². The lowest BCUT2D eigenvalue weighted by molar-refractivity contribution is -0.175. The molecule has 2 rings (SSSR count). The molecule has 112 valence electrons. The second kappa shape index (κ2) is 5.68. The van der Waals surface area contributed by atoms with Crippen LogP contribution in [0.15, 0.2) is 0 Å². The third-order valence-electron chi connectivity index (χ3n) is 4.82. The lowest BCUT2D eigenvalue weighted by Gasteiger charge is -2.61. The molecule has 0 aromatic carbocycles. The van der Waals surface area contributed by atoms with Crippen LogP contribution >= 0.6 is 0 Å². The molecule has 4 heteroatoms. The number of rotatable bonds is 7. The number of nitrogens with zero attached hydrogens (tertiary/aromatic N) is 1. The number of hydrogen-bond donors (Lipinski definition) is 2. The first-order chi connectivity index (χ1) is 8.89. The summed E-state index contributed by atoms with van der Waals surface area (Å²) in [6.45, 7) is 6.16. The van der Waals surface area contributed by atoms with Gasteiger partial charge in [-0.05, 0) is 47.2 Å². The van der Waals surface area contributed by atoms with Crippen LogP contribution in [0.3, 0.4) is 0 Å². The summed E-state index contributed by atoms with van der Waals surface area (Å²) >= 11 is 0. The van der Waals surface area contributed by atoms with E-state index in [-0.39, 0.29) is 0 Å². The lowest BCUT2D eigenvalue weighted by Crippen LogP contribution is -2.68. The van der Waals surface area contributed by atoms with Crippen LogP contribution in [0.2, 0.25) is 0 Å². The van der Waals surface area contributed by atoms with Gasteiger partial charge in [0.15, 0.2) is 0 Å². The summed E-state index contributed by atoms with van der Waals surface area (Å²) in [6.07, 6.45) is 5.44. The Balaban J connectivity index is 1.81. The SMILES string of the molecule is CCOC1CC(NCC(C)(O)CN(C)C)C12CCC2. The van der Waals surface area contributed by atoms with Gasteiger partial charge in [0.05, 0.1) is 11.7 Å². The molecule has 0 saturated heterocycles. The maximum absolute atomic E-state index is 10.3. The van der Waals surface area contributed by atoms with E-state index in [1.165, 1.54) is 19.3 Å². The lowest BCUT2D eigenvalue weighted by atomic mass is 9.51. The van der Waals surface area contributed by atoms with E-state index in [1.54, 1.807) is 0 Å². The number of likely N-dealkylation sites (N-methyl/N-ethyl adjacent to an activating group) is 1. The van der Waals surface area contributed by atoms with Crippen LogP contribution in [-0.4, -0.2) is 61.5 Å². The number of nitrogens with one attached hydrogen (secondary N) is 1. The van der Waals surface area contributed by atoms with E-state index in [0.29, 0.717) is 30.7 Å². The highest BCUT2D eigenvalue weighted by molar-refractivity contribution is 5.12. The van der Waals surface area contributed by atoms with Crippen molar-refractivity contribution in [2.75, 3.05) is 33.8 Å². The van der Waals surface area contributed by atoms with Crippen molar-refractivity contribution in [3.8, 4) is 0 Å². The molecule has 4 nitrogen and oxygen atoms in total. The van der Waals surface area contributed by atoms with Gasteiger partial charge in [-0.1, -0.05) is 6.42 Å². The Bertz CT molecular complexity index is 301. The zero-order valence-corrected chi connectivity index (χ0v) is 12.9. The highest BCUT2D eigenvalue weighted by Gasteiger charge is 2.58. The average Bonchev–Trinajstić information content (AvgIpc) is 2.17. The summed E-state index contributed by atoms with van der Waals surface area (Å²) in [6, 6.07) is 0.534. The van der Waals surface area contributed by atoms with E-state index >= 15 is 0 Å². The molecule has 2 aliphatic rings. The molecule has 3 unspecified atom stereocenters. The van der Waals surface area contributed by atoms with Crippen LogP contribution in [0.4, 0.5) is 0 Å². The summed E-state index contributed by atoms with van der Waals surface area (Å²) in [7, 11) is 3.99. The second-order valence-electron chi connectivity index (χ2n) is 6.93. The van der Waals surface area contributed by atoms with Crippen molar-refractivity contribution in [2.45, 2.75) is 57.3 Å². The first kappa shape index (κ1) is 15.2. The minimum Gasteiger partial charge on any atom is -0.388 e. The molecule has 2 saturated carbocycles. The smallest absolute Gasteiger partial charge is 0.0869 e. The molecule has 0 aromatic heterocycles. The van der Waals surface area contributed by atoms with Crippen molar-refractivity contribution < 1.29 is 9.84 Å². The summed E-state index contributed by atoms with van der Waals surface area (Å²) in [5, 5.41) is 13.9. The monoisotopic (exact) mass is 270 g/mol. The molecular formula is C15H30N2O2. The minimum absolute atomic E-state index is 0.379. The molecule has 2 fully saturated rings. The van der Waals surface area contributed by atoms with Crippen LogP contribution in [0.5, 0.6) is 0 Å². The first-order valence-corrected chi connectivity index (χ1v) is 7.62. The Morgan fingerprint density at radius 2 is 2.11 bits per heavy atom. The van der Waals surface area contributed by atoms with E-state index in [9.17, 15) is 5.11 Å². The second-order valence-corrected chi connectivity index (χ2v) is 6.93. The van der Waals surface area contributed by atoms with Crippen molar-refractivity contribution in [3.63, 3.8) is 0 Å². The van der Waals surface area contributed by atoms with E-state index in [1.807, 2.05) is 25.9 Å². The Kier molecular flexibility index (Phi) is 4.56. The van der Waals surface area contributed by atoms with Gasteiger partial charge < -0.3 is 20.1 Å². The van der Waals surface area contributed by atoms with E-state index in [0.717, 1.165) is 13.0 Å². The normalized spacial score (nSPS) is 31.9. The van der Waals surface area contributed by atoms with Crippen molar-refractivity contribution in [3.05, 3.63) is 0 Å². The fourth-order valence-electron chi connectivity index (χ4n) is 3.80. The van der Waals surface area contributed by atoms with Gasteiger partial charge in [-0.3, -0.25) is 0 Å². The van der Waals surface area contributed by atoms with Gasteiger partial charge in [-0.15, -0.1) is 0 Å². The van der Waals surface area contributed by atoms with E-state index in [4.69, 9.17) is 4.74 Å². The Morgan fingerprint density at radius 3 is 2.58 bits per heavy atom. The maximum atomic E-state index is 10.3. The highest BCUT2D eigenvalue weighted by atomic mass is 16.5. The van der Waals surface area contributed by atoms with Crippen LogP contribution in [-0.2, 0) is 4.74 Å². The maximum Gasteiger partial charge on any atom is 0.0869 e. The van der Waals surface area contributed by atoms with Gasteiger partial charge in [0.1, 0.15) is 0 Å². The molecule has 0 aliphatic heterocycles. The molecule has 0 bridgehead atoms. The highest BCUT2D eigenvalue weighted by Crippen LogP contribution is 2.57. The van der Waals surface area contributed by atoms with Crippen LogP contribution in [0.1, 0.15) is 39.5 Å². The predicted octanol–water partition coefficient (Wildman–Crippen LogP) is 1.24. The third-order valence-corrected chi connectivity index (χ3v) is 4.82. The van der Waals surface area contributed by atoms with Crippen LogP contribution < -0.4 is 5.32 Å². The van der Waals surface area contributed by atoms with Crippen LogP contribution in [0, 0.1) is 5.41 Å². The largest absolute Gasteiger partial charge is 0.388 e. The Morgan fingerprint density at radius 1 is 1.42 bits per heavy atom. The molecule has 19 heavy (non-hydrogen) atoms. The Hall–Kier alpha value is -0.160. The zero-order valence-electron chi connectivity index (χ0n) is 12.9. The minimum atomic E-state index is -0.662. The average molecular weight is 270 g/mol. The topological polar surface area (TPSA) is 44.7 Å². The summed E-state index contributed by atoms with van der Waals surface area (Å²) < 4.78 is 5.85. The van der Waals surface area contributed by atoms with Crippen molar-refractivity contribution in [2.24, 2.45) is 5.41 Å². The van der Waals surface area contributed by atoms with Crippen molar-refractivity contribution >= 4 is 0 Å². The summed E-state index contributed by atoms with van der Waals surface area (Å²) in [5.41, 5.74) is -0.282. The molecule has 0 heterocycles. The predicted molar refractivity (Wildman–Crippen MR) is 77.3 cm³/mol. The number of aliphatic hydroxyl groups is 1. The molecule has 0 radical (unpaired) electrons. The molecule has 1 spiro atoms. The third kappa shape index (κ3) is 3.13. The van der Waals surface area contributed by atoms with Gasteiger partial charge in [0, 0.05) is 31.2 Å². The first-order valence-electron chi connectivity index (χ1n) is 7.62. The fraction of sp³-hybridized carbons (Fsp3) is 1.00.